The molecule has 1 aromatic rings. The minimum Gasteiger partial charge on any atom is -0.389 e. The molecule has 0 aromatic carbocycles. The fourth-order valence-electron chi connectivity index (χ4n) is 1.14. The molecule has 0 aliphatic rings. The molecule has 0 aliphatic heterocycles. The lowest BCUT2D eigenvalue weighted by Crippen LogP contribution is -2.29. The molecule has 6 heteroatoms. The Bertz CT molecular complexity index is 301. The molecule has 0 spiro atoms. The van der Waals surface area contributed by atoms with Gasteiger partial charge >= 0.3 is 0 Å². The van der Waals surface area contributed by atoms with Crippen molar-refractivity contribution in [2.45, 2.75) is 12.2 Å². The quantitative estimate of drug-likeness (QED) is 0.711. The third kappa shape index (κ3) is 6.07. The highest BCUT2D eigenvalue weighted by Gasteiger charge is 2.10. The van der Waals surface area contributed by atoms with Gasteiger partial charge in [0.25, 0.3) is 0 Å². The van der Waals surface area contributed by atoms with Gasteiger partial charge in [-0.3, -0.25) is 0 Å². The third-order valence-corrected chi connectivity index (χ3v) is 2.75. The molecule has 0 fully saturated rings. The van der Waals surface area contributed by atoms with Gasteiger partial charge in [0.15, 0.2) is 0 Å². The Morgan fingerprint density at radius 3 is 2.76 bits per heavy atom. The van der Waals surface area contributed by atoms with E-state index in [9.17, 15) is 5.11 Å². The molecule has 0 bridgehead atoms. The number of halogens is 2. The lowest BCUT2D eigenvalue weighted by Gasteiger charge is -2.17. The first kappa shape index (κ1) is 14.5. The summed E-state index contributed by atoms with van der Waals surface area (Å²) in [5, 5.41) is 12.4. The zero-order valence-corrected chi connectivity index (χ0v) is 10.9. The molecule has 0 aliphatic carbocycles. The molecular formula is C11H16Cl2N2O2. The van der Waals surface area contributed by atoms with Crippen molar-refractivity contribution in [1.29, 1.82) is 0 Å². The van der Waals surface area contributed by atoms with Crippen molar-refractivity contribution in [1.82, 2.24) is 4.98 Å². The maximum absolute atomic E-state index is 9.25. The van der Waals surface area contributed by atoms with E-state index in [1.165, 1.54) is 0 Å². The number of aliphatic hydroxyl groups excluding tert-OH is 1. The molecule has 2 N–H and O–H groups in total. The number of ether oxygens (including phenoxy) is 1. The monoisotopic (exact) mass is 278 g/mol. The van der Waals surface area contributed by atoms with Gasteiger partial charge in [0.05, 0.1) is 30.6 Å². The molecule has 0 amide bonds. The van der Waals surface area contributed by atoms with Crippen molar-refractivity contribution < 1.29 is 9.84 Å². The number of anilines is 1. The first-order valence-corrected chi connectivity index (χ1v) is 6.39. The van der Waals surface area contributed by atoms with Gasteiger partial charge in [-0.15, -0.1) is 23.2 Å². The molecule has 96 valence electrons. The zero-order chi connectivity index (χ0) is 12.5. The van der Waals surface area contributed by atoms with Gasteiger partial charge in [0.1, 0.15) is 5.82 Å². The van der Waals surface area contributed by atoms with E-state index < -0.39 is 6.10 Å². The Kier molecular flexibility index (Phi) is 7.28. The summed E-state index contributed by atoms with van der Waals surface area (Å²) < 4.78 is 5.41. The second-order valence-electron chi connectivity index (χ2n) is 3.51. The highest BCUT2D eigenvalue weighted by atomic mass is 35.5. The molecule has 1 heterocycles. The van der Waals surface area contributed by atoms with Gasteiger partial charge in [0, 0.05) is 12.7 Å². The predicted octanol–water partition coefficient (Wildman–Crippen LogP) is 1.72. The Labute approximate surface area is 111 Å². The molecule has 1 aromatic heterocycles. The van der Waals surface area contributed by atoms with Gasteiger partial charge in [0.2, 0.25) is 0 Å². The highest BCUT2D eigenvalue weighted by Crippen LogP contribution is 2.03. The topological polar surface area (TPSA) is 54.4 Å². The van der Waals surface area contributed by atoms with Crippen molar-refractivity contribution in [2.75, 3.05) is 30.2 Å². The molecular weight excluding hydrogens is 263 g/mol. The summed E-state index contributed by atoms with van der Waals surface area (Å²) in [5.74, 6) is 1.27. The molecule has 2 unspecified atom stereocenters. The second kappa shape index (κ2) is 8.53. The molecule has 1 rings (SSSR count). The average molecular weight is 279 g/mol. The minimum absolute atomic E-state index is 0.155. The Hall–Kier alpha value is -0.550. The summed E-state index contributed by atoms with van der Waals surface area (Å²) in [6.45, 7) is 0.723. The number of aromatic nitrogens is 1. The number of aliphatic hydroxyl groups is 1. The van der Waals surface area contributed by atoms with Crippen LogP contribution in [-0.2, 0) is 4.74 Å². The van der Waals surface area contributed by atoms with E-state index in [1.807, 2.05) is 18.2 Å². The van der Waals surface area contributed by atoms with Crippen LogP contribution in [0.2, 0.25) is 0 Å². The maximum atomic E-state index is 9.25. The molecule has 0 radical (unpaired) electrons. The molecule has 0 saturated heterocycles. The van der Waals surface area contributed by atoms with Crippen molar-refractivity contribution in [2.24, 2.45) is 0 Å². The van der Waals surface area contributed by atoms with E-state index in [0.29, 0.717) is 12.4 Å². The van der Waals surface area contributed by atoms with Crippen molar-refractivity contribution in [3.63, 3.8) is 0 Å². The van der Waals surface area contributed by atoms with Crippen LogP contribution in [-0.4, -0.2) is 47.2 Å². The molecule has 0 saturated carbocycles. The van der Waals surface area contributed by atoms with Crippen LogP contribution in [0.3, 0.4) is 0 Å². The van der Waals surface area contributed by atoms with E-state index >= 15 is 0 Å². The Morgan fingerprint density at radius 2 is 2.18 bits per heavy atom. The van der Waals surface area contributed by atoms with Crippen molar-refractivity contribution in [3.8, 4) is 0 Å². The molecule has 4 nitrogen and oxygen atoms in total. The first-order chi connectivity index (χ1) is 8.26. The van der Waals surface area contributed by atoms with Crippen LogP contribution in [0, 0.1) is 0 Å². The summed E-state index contributed by atoms with van der Waals surface area (Å²) in [6, 6.07) is 5.60. The average Bonchev–Trinajstić information content (AvgIpc) is 2.39. The van der Waals surface area contributed by atoms with Crippen LogP contribution in [0.5, 0.6) is 0 Å². The van der Waals surface area contributed by atoms with Crippen LogP contribution in [0.4, 0.5) is 5.82 Å². The van der Waals surface area contributed by atoms with Crippen molar-refractivity contribution >= 4 is 29.0 Å². The Morgan fingerprint density at radius 1 is 1.35 bits per heavy atom. The number of hydrogen-bond acceptors (Lipinski definition) is 4. The molecule has 17 heavy (non-hydrogen) atoms. The number of hydrogen-bond donors (Lipinski definition) is 2. The standard InChI is InChI=1S/C11H16Cl2N2O2/c12-5-9(16)8-17-10(6-13)7-15-11-3-1-2-4-14-11/h1-4,9-10,16H,5-8H2,(H,14,15). The Balaban J connectivity index is 2.27. The van der Waals surface area contributed by atoms with E-state index in [1.54, 1.807) is 6.20 Å². The third-order valence-electron chi connectivity index (χ3n) is 2.05. The number of pyridine rings is 1. The number of nitrogens with one attached hydrogen (secondary N) is 1. The van der Waals surface area contributed by atoms with Crippen LogP contribution in [0.1, 0.15) is 0 Å². The predicted molar refractivity (Wildman–Crippen MR) is 69.9 cm³/mol. The summed E-state index contributed by atoms with van der Waals surface area (Å²) in [4.78, 5) is 4.12. The summed E-state index contributed by atoms with van der Waals surface area (Å²) in [6.07, 6.45) is 0.865. The smallest absolute Gasteiger partial charge is 0.125 e. The normalized spacial score (nSPS) is 14.3. The lowest BCUT2D eigenvalue weighted by molar-refractivity contribution is 0.0138. The second-order valence-corrected chi connectivity index (χ2v) is 4.13. The van der Waals surface area contributed by atoms with Crippen LogP contribution >= 0.6 is 23.2 Å². The number of alkyl halides is 2. The fraction of sp³-hybridized carbons (Fsp3) is 0.545. The first-order valence-electron chi connectivity index (χ1n) is 5.32. The van der Waals surface area contributed by atoms with Crippen molar-refractivity contribution in [3.05, 3.63) is 24.4 Å². The SMILES string of the molecule is OC(CCl)COC(CCl)CNc1ccccn1. The van der Waals surface area contributed by atoms with Gasteiger partial charge in [-0.2, -0.15) is 0 Å². The van der Waals surface area contributed by atoms with E-state index in [4.69, 9.17) is 27.9 Å². The van der Waals surface area contributed by atoms with Gasteiger partial charge in [-0.25, -0.2) is 4.98 Å². The largest absolute Gasteiger partial charge is 0.389 e. The zero-order valence-electron chi connectivity index (χ0n) is 9.35. The summed E-state index contributed by atoms with van der Waals surface area (Å²) in [7, 11) is 0. The van der Waals surface area contributed by atoms with E-state index in [-0.39, 0.29) is 18.6 Å². The molecule has 2 atom stereocenters. The number of nitrogens with zero attached hydrogens (tertiary/aromatic N) is 1. The van der Waals surface area contributed by atoms with E-state index in [0.717, 1.165) is 5.82 Å². The van der Waals surface area contributed by atoms with Crippen LogP contribution < -0.4 is 5.32 Å². The minimum atomic E-state index is -0.655. The summed E-state index contributed by atoms with van der Waals surface area (Å²) in [5.41, 5.74) is 0. The highest BCUT2D eigenvalue weighted by molar-refractivity contribution is 6.18. The van der Waals surface area contributed by atoms with Crippen LogP contribution in [0.15, 0.2) is 24.4 Å². The summed E-state index contributed by atoms with van der Waals surface area (Å²) >= 11 is 11.2. The maximum Gasteiger partial charge on any atom is 0.125 e. The lowest BCUT2D eigenvalue weighted by atomic mass is 10.3. The fourth-order valence-corrected chi connectivity index (χ4v) is 1.42. The van der Waals surface area contributed by atoms with Gasteiger partial charge < -0.3 is 15.2 Å². The van der Waals surface area contributed by atoms with Crippen LogP contribution in [0.25, 0.3) is 0 Å². The van der Waals surface area contributed by atoms with E-state index in [2.05, 4.69) is 10.3 Å². The number of rotatable bonds is 8. The van der Waals surface area contributed by atoms with Gasteiger partial charge in [-0.05, 0) is 12.1 Å². The van der Waals surface area contributed by atoms with Gasteiger partial charge in [-0.1, -0.05) is 6.07 Å².